The molecule has 17 heavy (non-hydrogen) atoms. The van der Waals surface area contributed by atoms with Crippen molar-refractivity contribution in [1.82, 2.24) is 9.78 Å². The molecule has 1 unspecified atom stereocenters. The molecule has 0 radical (unpaired) electrons. The first-order valence-electron chi connectivity index (χ1n) is 5.84. The lowest BCUT2D eigenvalue weighted by Gasteiger charge is -2.10. The summed E-state index contributed by atoms with van der Waals surface area (Å²) in [5, 5.41) is 16.1. The van der Waals surface area contributed by atoms with E-state index in [0.717, 1.165) is 12.1 Å². The monoisotopic (exact) mass is 239 g/mol. The predicted octanol–water partition coefficient (Wildman–Crippen LogP) is 1.27. The van der Waals surface area contributed by atoms with Crippen molar-refractivity contribution < 1.29 is 9.84 Å². The van der Waals surface area contributed by atoms with Gasteiger partial charge in [-0.1, -0.05) is 6.08 Å². The van der Waals surface area contributed by atoms with Crippen molar-refractivity contribution in [2.75, 3.05) is 25.1 Å². The third-order valence-corrected chi connectivity index (χ3v) is 2.27. The van der Waals surface area contributed by atoms with Crippen molar-refractivity contribution in [3.63, 3.8) is 0 Å². The van der Waals surface area contributed by atoms with E-state index >= 15 is 0 Å². The van der Waals surface area contributed by atoms with Crippen molar-refractivity contribution in [2.45, 2.75) is 25.9 Å². The van der Waals surface area contributed by atoms with Gasteiger partial charge in [-0.15, -0.1) is 6.58 Å². The van der Waals surface area contributed by atoms with Gasteiger partial charge in [0.25, 0.3) is 0 Å². The molecule has 0 spiro atoms. The van der Waals surface area contributed by atoms with E-state index in [1.165, 1.54) is 0 Å². The van der Waals surface area contributed by atoms with Crippen LogP contribution < -0.4 is 5.32 Å². The molecule has 0 aliphatic heterocycles. The molecule has 0 aromatic carbocycles. The summed E-state index contributed by atoms with van der Waals surface area (Å²) in [6.45, 7) is 7.50. The van der Waals surface area contributed by atoms with Crippen LogP contribution >= 0.6 is 0 Å². The quantitative estimate of drug-likeness (QED) is 0.503. The number of aliphatic hydroxyl groups is 1. The second-order valence-electron chi connectivity index (χ2n) is 3.90. The molecule has 0 saturated carbocycles. The summed E-state index contributed by atoms with van der Waals surface area (Å²) in [6, 6.07) is 0.357. The van der Waals surface area contributed by atoms with Gasteiger partial charge in [-0.2, -0.15) is 5.10 Å². The predicted molar refractivity (Wildman–Crippen MR) is 68.0 cm³/mol. The lowest BCUT2D eigenvalue weighted by molar-refractivity contribution is 0.0854. The lowest BCUT2D eigenvalue weighted by Crippen LogP contribution is -2.13. The summed E-state index contributed by atoms with van der Waals surface area (Å²) in [5.41, 5.74) is 1.00. The van der Waals surface area contributed by atoms with Crippen LogP contribution in [0.25, 0.3) is 0 Å². The molecule has 5 nitrogen and oxygen atoms in total. The van der Waals surface area contributed by atoms with Crippen LogP contribution in [-0.2, 0) is 11.3 Å². The number of nitrogens with zero attached hydrogens (tertiary/aromatic N) is 2. The number of ether oxygens (including phenoxy) is 1. The Kier molecular flexibility index (Phi) is 6.35. The summed E-state index contributed by atoms with van der Waals surface area (Å²) in [6.07, 6.45) is 6.56. The van der Waals surface area contributed by atoms with Crippen molar-refractivity contribution in [3.8, 4) is 0 Å². The van der Waals surface area contributed by atoms with Crippen molar-refractivity contribution in [2.24, 2.45) is 0 Å². The van der Waals surface area contributed by atoms with Crippen LogP contribution in [-0.4, -0.2) is 40.7 Å². The SMILES string of the molecule is C=CCC(C)Nc1cnn(CCOCCO)c1. The van der Waals surface area contributed by atoms with Crippen LogP contribution in [0.15, 0.2) is 25.0 Å². The van der Waals surface area contributed by atoms with Crippen LogP contribution in [0.2, 0.25) is 0 Å². The zero-order chi connectivity index (χ0) is 12.5. The second-order valence-corrected chi connectivity index (χ2v) is 3.90. The molecule has 0 aliphatic rings. The molecule has 0 aliphatic carbocycles. The maximum absolute atomic E-state index is 8.55. The van der Waals surface area contributed by atoms with Gasteiger partial charge in [0.15, 0.2) is 0 Å². The van der Waals surface area contributed by atoms with E-state index < -0.39 is 0 Å². The van der Waals surface area contributed by atoms with E-state index in [9.17, 15) is 0 Å². The number of hydrogen-bond acceptors (Lipinski definition) is 4. The van der Waals surface area contributed by atoms with E-state index in [2.05, 4.69) is 23.9 Å². The van der Waals surface area contributed by atoms with E-state index in [0.29, 0.717) is 25.8 Å². The summed E-state index contributed by atoms with van der Waals surface area (Å²) >= 11 is 0. The fourth-order valence-corrected chi connectivity index (χ4v) is 1.48. The Labute approximate surface area is 102 Å². The van der Waals surface area contributed by atoms with Gasteiger partial charge in [-0.05, 0) is 13.3 Å². The molecule has 5 heteroatoms. The van der Waals surface area contributed by atoms with Gasteiger partial charge in [0, 0.05) is 12.2 Å². The van der Waals surface area contributed by atoms with Gasteiger partial charge < -0.3 is 15.2 Å². The van der Waals surface area contributed by atoms with Crippen molar-refractivity contribution in [1.29, 1.82) is 0 Å². The van der Waals surface area contributed by atoms with Gasteiger partial charge in [-0.25, -0.2) is 0 Å². The van der Waals surface area contributed by atoms with Crippen LogP contribution in [0.5, 0.6) is 0 Å². The molecule has 1 rings (SSSR count). The van der Waals surface area contributed by atoms with E-state index in [1.54, 1.807) is 6.20 Å². The fraction of sp³-hybridized carbons (Fsp3) is 0.583. The molecule has 0 saturated heterocycles. The standard InChI is InChI=1S/C12H21N3O2/c1-3-4-11(2)14-12-9-13-15(10-12)5-7-17-8-6-16/h3,9-11,14,16H,1,4-8H2,2H3. The minimum Gasteiger partial charge on any atom is -0.394 e. The summed E-state index contributed by atoms with van der Waals surface area (Å²) < 4.78 is 6.99. The maximum atomic E-state index is 8.55. The van der Waals surface area contributed by atoms with E-state index in [4.69, 9.17) is 9.84 Å². The Balaban J connectivity index is 2.29. The highest BCUT2D eigenvalue weighted by atomic mass is 16.5. The van der Waals surface area contributed by atoms with Crippen LogP contribution in [0.3, 0.4) is 0 Å². The first-order chi connectivity index (χ1) is 8.26. The number of hydrogen-bond donors (Lipinski definition) is 2. The van der Waals surface area contributed by atoms with Crippen LogP contribution in [0.4, 0.5) is 5.69 Å². The summed E-state index contributed by atoms with van der Waals surface area (Å²) in [4.78, 5) is 0. The third-order valence-electron chi connectivity index (χ3n) is 2.27. The molecule has 0 bridgehead atoms. The third kappa shape index (κ3) is 5.51. The fourth-order valence-electron chi connectivity index (χ4n) is 1.48. The number of anilines is 1. The van der Waals surface area contributed by atoms with Gasteiger partial charge in [-0.3, -0.25) is 4.68 Å². The average molecular weight is 239 g/mol. The molecule has 1 atom stereocenters. The number of aliphatic hydroxyl groups excluding tert-OH is 1. The Morgan fingerprint density at radius 3 is 3.18 bits per heavy atom. The molecule has 1 aromatic rings. The van der Waals surface area contributed by atoms with Gasteiger partial charge in [0.1, 0.15) is 0 Å². The largest absolute Gasteiger partial charge is 0.394 e. The molecule has 96 valence electrons. The smallest absolute Gasteiger partial charge is 0.0728 e. The number of rotatable bonds is 9. The minimum atomic E-state index is 0.0605. The molecule has 0 fully saturated rings. The highest BCUT2D eigenvalue weighted by Gasteiger charge is 2.02. The molecular weight excluding hydrogens is 218 g/mol. The lowest BCUT2D eigenvalue weighted by atomic mass is 10.2. The molecule has 0 amide bonds. The van der Waals surface area contributed by atoms with E-state index in [-0.39, 0.29) is 6.61 Å². The Hall–Kier alpha value is -1.33. The summed E-state index contributed by atoms with van der Waals surface area (Å²) in [5.74, 6) is 0. The van der Waals surface area contributed by atoms with Gasteiger partial charge in [0.05, 0.1) is 38.2 Å². The summed E-state index contributed by atoms with van der Waals surface area (Å²) in [7, 11) is 0. The Morgan fingerprint density at radius 1 is 1.65 bits per heavy atom. The zero-order valence-corrected chi connectivity index (χ0v) is 10.3. The van der Waals surface area contributed by atoms with Gasteiger partial charge >= 0.3 is 0 Å². The highest BCUT2D eigenvalue weighted by Crippen LogP contribution is 2.08. The molecular formula is C12H21N3O2. The minimum absolute atomic E-state index is 0.0605. The normalized spacial score (nSPS) is 12.4. The molecule has 2 N–H and O–H groups in total. The van der Waals surface area contributed by atoms with Crippen molar-refractivity contribution in [3.05, 3.63) is 25.0 Å². The molecule has 1 aromatic heterocycles. The second kappa shape index (κ2) is 7.86. The van der Waals surface area contributed by atoms with Gasteiger partial charge in [0.2, 0.25) is 0 Å². The average Bonchev–Trinajstić information content (AvgIpc) is 2.72. The first-order valence-corrected chi connectivity index (χ1v) is 5.84. The first kappa shape index (κ1) is 13.7. The van der Waals surface area contributed by atoms with E-state index in [1.807, 2.05) is 17.0 Å². The van der Waals surface area contributed by atoms with Crippen molar-refractivity contribution >= 4 is 5.69 Å². The maximum Gasteiger partial charge on any atom is 0.0728 e. The van der Waals surface area contributed by atoms with Crippen LogP contribution in [0.1, 0.15) is 13.3 Å². The number of nitrogens with one attached hydrogen (secondary N) is 1. The topological polar surface area (TPSA) is 59.3 Å². The Morgan fingerprint density at radius 2 is 2.47 bits per heavy atom. The molecule has 1 heterocycles. The van der Waals surface area contributed by atoms with Crippen LogP contribution in [0, 0.1) is 0 Å². The Bertz CT molecular complexity index is 325. The zero-order valence-electron chi connectivity index (χ0n) is 10.3. The highest BCUT2D eigenvalue weighted by molar-refractivity contribution is 5.39. The number of aromatic nitrogens is 2.